The number of halogens is 3. The molecule has 0 aliphatic carbocycles. The van der Waals surface area contributed by atoms with Crippen LogP contribution in [0.25, 0.3) is 0 Å². The van der Waals surface area contributed by atoms with Gasteiger partial charge in [-0.15, -0.1) is 0 Å². The van der Waals surface area contributed by atoms with E-state index in [4.69, 9.17) is 9.47 Å². The lowest BCUT2D eigenvalue weighted by Crippen LogP contribution is -2.47. The summed E-state index contributed by atoms with van der Waals surface area (Å²) in [6, 6.07) is 13.6. The van der Waals surface area contributed by atoms with E-state index in [1.807, 2.05) is 11.4 Å². The Labute approximate surface area is 193 Å². The summed E-state index contributed by atoms with van der Waals surface area (Å²) in [7, 11) is 0. The standard InChI is InChI=1S/C23H24F3N3O5/c24-23(25,26)12-27-20(31)10-15-9-17-16-8-14(29-22(32)28-13-4-2-1-3-5-13)6-7-18(16)34-21(17)19(11-30)33-15/h1-8,15,17,19,21,30H,9-12H2,(H,27,31)(H2,28,29,32)/t15-,17+,19-,21-/m0/s1. The predicted molar refractivity (Wildman–Crippen MR) is 117 cm³/mol. The Hall–Kier alpha value is -3.31. The molecule has 0 spiro atoms. The first-order chi connectivity index (χ1) is 16.2. The van der Waals surface area contributed by atoms with E-state index in [1.54, 1.807) is 42.5 Å². The molecule has 0 radical (unpaired) electrons. The number of benzene rings is 2. The molecule has 4 N–H and O–H groups in total. The molecular formula is C23H24F3N3O5. The van der Waals surface area contributed by atoms with Gasteiger partial charge in [-0.3, -0.25) is 4.79 Å². The van der Waals surface area contributed by atoms with Crippen LogP contribution in [0, 0.1) is 0 Å². The Kier molecular flexibility index (Phi) is 6.94. The van der Waals surface area contributed by atoms with Gasteiger partial charge in [0.05, 0.1) is 19.1 Å². The summed E-state index contributed by atoms with van der Waals surface area (Å²) in [5.41, 5.74) is 1.92. The second-order valence-corrected chi connectivity index (χ2v) is 8.20. The minimum atomic E-state index is -4.50. The van der Waals surface area contributed by atoms with Crippen molar-refractivity contribution in [1.82, 2.24) is 5.32 Å². The third kappa shape index (κ3) is 5.78. The summed E-state index contributed by atoms with van der Waals surface area (Å²) in [6.45, 7) is -1.79. The van der Waals surface area contributed by atoms with Gasteiger partial charge < -0.3 is 30.5 Å². The lowest BCUT2D eigenvalue weighted by molar-refractivity contribution is -0.149. The lowest BCUT2D eigenvalue weighted by atomic mass is 9.84. The van der Waals surface area contributed by atoms with Crippen LogP contribution in [0.1, 0.15) is 24.3 Å². The summed E-state index contributed by atoms with van der Waals surface area (Å²) in [4.78, 5) is 24.3. The number of carbonyl (C=O) groups is 2. The largest absolute Gasteiger partial charge is 0.487 e. The van der Waals surface area contributed by atoms with Crippen molar-refractivity contribution in [3.8, 4) is 5.75 Å². The fraction of sp³-hybridized carbons (Fsp3) is 0.391. The number of anilines is 2. The van der Waals surface area contributed by atoms with Crippen LogP contribution in [0.2, 0.25) is 0 Å². The molecule has 2 heterocycles. The number of alkyl halides is 3. The predicted octanol–water partition coefficient (Wildman–Crippen LogP) is 3.39. The Morgan fingerprint density at radius 3 is 2.50 bits per heavy atom. The maximum atomic E-state index is 12.4. The first kappa shape index (κ1) is 23.8. The highest BCUT2D eigenvalue weighted by Crippen LogP contribution is 2.47. The van der Waals surface area contributed by atoms with Crippen molar-refractivity contribution >= 4 is 23.3 Å². The summed E-state index contributed by atoms with van der Waals surface area (Å²) in [5.74, 6) is -0.488. The maximum absolute atomic E-state index is 12.4. The number of nitrogens with one attached hydrogen (secondary N) is 3. The maximum Gasteiger partial charge on any atom is 0.405 e. The molecule has 2 aliphatic heterocycles. The van der Waals surface area contributed by atoms with Gasteiger partial charge in [0.1, 0.15) is 24.5 Å². The molecule has 0 bridgehead atoms. The molecule has 34 heavy (non-hydrogen) atoms. The number of para-hydroxylation sites is 1. The summed E-state index contributed by atoms with van der Waals surface area (Å²) in [6.07, 6.45) is -6.42. The topological polar surface area (TPSA) is 109 Å². The van der Waals surface area contributed by atoms with Crippen molar-refractivity contribution in [1.29, 1.82) is 0 Å². The molecule has 1 fully saturated rings. The van der Waals surface area contributed by atoms with Crippen LogP contribution in [0.15, 0.2) is 48.5 Å². The SMILES string of the molecule is O=C(C[C@@H]1C[C@@H]2c3cc(NC(=O)Nc4ccccc4)ccc3O[C@@H]2[C@H](CO)O1)NCC(F)(F)F. The summed E-state index contributed by atoms with van der Waals surface area (Å²) >= 11 is 0. The van der Waals surface area contributed by atoms with Crippen molar-refractivity contribution in [3.05, 3.63) is 54.1 Å². The number of fused-ring (bicyclic) bond motifs is 3. The minimum absolute atomic E-state index is 0.264. The smallest absolute Gasteiger partial charge is 0.405 e. The zero-order chi connectivity index (χ0) is 24.3. The Balaban J connectivity index is 1.43. The Bertz CT molecular complexity index is 1030. The second-order valence-electron chi connectivity index (χ2n) is 8.20. The first-order valence-corrected chi connectivity index (χ1v) is 10.8. The van der Waals surface area contributed by atoms with Crippen LogP contribution in [0.4, 0.5) is 29.3 Å². The third-order valence-corrected chi connectivity index (χ3v) is 5.69. The number of hydrogen-bond acceptors (Lipinski definition) is 5. The minimum Gasteiger partial charge on any atom is -0.487 e. The van der Waals surface area contributed by atoms with E-state index in [0.29, 0.717) is 23.5 Å². The molecular weight excluding hydrogens is 455 g/mol. The molecule has 2 aromatic rings. The molecule has 0 aromatic heterocycles. The monoisotopic (exact) mass is 479 g/mol. The molecule has 2 aromatic carbocycles. The van der Waals surface area contributed by atoms with E-state index >= 15 is 0 Å². The summed E-state index contributed by atoms with van der Waals surface area (Å²) in [5, 5.41) is 17.1. The van der Waals surface area contributed by atoms with Gasteiger partial charge in [0.15, 0.2) is 0 Å². The number of hydrogen-bond donors (Lipinski definition) is 4. The Morgan fingerprint density at radius 2 is 1.79 bits per heavy atom. The van der Waals surface area contributed by atoms with Gasteiger partial charge in [0.25, 0.3) is 0 Å². The number of urea groups is 1. The highest BCUT2D eigenvalue weighted by molar-refractivity contribution is 5.99. The number of carbonyl (C=O) groups excluding carboxylic acids is 2. The van der Waals surface area contributed by atoms with Gasteiger partial charge in [-0.2, -0.15) is 13.2 Å². The zero-order valence-corrected chi connectivity index (χ0v) is 18.0. The molecule has 182 valence electrons. The zero-order valence-electron chi connectivity index (χ0n) is 18.0. The number of aliphatic hydroxyl groups is 1. The fourth-order valence-corrected chi connectivity index (χ4v) is 4.26. The van der Waals surface area contributed by atoms with Crippen molar-refractivity contribution in [2.75, 3.05) is 23.8 Å². The van der Waals surface area contributed by atoms with Gasteiger partial charge >= 0.3 is 12.2 Å². The highest BCUT2D eigenvalue weighted by atomic mass is 19.4. The van der Waals surface area contributed by atoms with Gasteiger partial charge in [0, 0.05) is 22.9 Å². The average molecular weight is 479 g/mol. The fourth-order valence-electron chi connectivity index (χ4n) is 4.26. The number of ether oxygens (including phenoxy) is 2. The average Bonchev–Trinajstić information content (AvgIpc) is 3.15. The third-order valence-electron chi connectivity index (χ3n) is 5.69. The van der Waals surface area contributed by atoms with Crippen LogP contribution in [-0.4, -0.2) is 54.7 Å². The molecule has 2 aliphatic rings. The van der Waals surface area contributed by atoms with E-state index in [-0.39, 0.29) is 18.9 Å². The summed E-state index contributed by atoms with van der Waals surface area (Å²) < 4.78 is 48.8. The van der Waals surface area contributed by atoms with Crippen molar-refractivity contribution < 1.29 is 37.3 Å². The van der Waals surface area contributed by atoms with E-state index < -0.39 is 43.0 Å². The van der Waals surface area contributed by atoms with Gasteiger partial charge in [-0.05, 0) is 36.8 Å². The molecule has 0 unspecified atom stereocenters. The highest BCUT2D eigenvalue weighted by Gasteiger charge is 2.46. The van der Waals surface area contributed by atoms with Crippen LogP contribution < -0.4 is 20.7 Å². The quantitative estimate of drug-likeness (QED) is 0.508. The molecule has 4 rings (SSSR count). The Morgan fingerprint density at radius 1 is 1.06 bits per heavy atom. The molecule has 4 atom stereocenters. The molecule has 1 saturated heterocycles. The molecule has 8 nitrogen and oxygen atoms in total. The van der Waals surface area contributed by atoms with Crippen molar-refractivity contribution in [2.24, 2.45) is 0 Å². The second kappa shape index (κ2) is 9.90. The van der Waals surface area contributed by atoms with Gasteiger partial charge in [-0.1, -0.05) is 18.2 Å². The number of amides is 3. The van der Waals surface area contributed by atoms with E-state index in [1.165, 1.54) is 0 Å². The lowest BCUT2D eigenvalue weighted by Gasteiger charge is -2.37. The molecule has 3 amide bonds. The first-order valence-electron chi connectivity index (χ1n) is 10.8. The van der Waals surface area contributed by atoms with Crippen LogP contribution in [0.3, 0.4) is 0 Å². The van der Waals surface area contributed by atoms with Crippen LogP contribution >= 0.6 is 0 Å². The van der Waals surface area contributed by atoms with Crippen LogP contribution in [0.5, 0.6) is 5.75 Å². The van der Waals surface area contributed by atoms with Gasteiger partial charge in [-0.25, -0.2) is 4.79 Å². The molecule has 0 saturated carbocycles. The van der Waals surface area contributed by atoms with Crippen LogP contribution in [-0.2, 0) is 9.53 Å². The number of rotatable bonds is 6. The van der Waals surface area contributed by atoms with E-state index in [9.17, 15) is 27.9 Å². The van der Waals surface area contributed by atoms with E-state index in [0.717, 1.165) is 5.56 Å². The normalized spacial score (nSPS) is 23.3. The number of aliphatic hydroxyl groups excluding tert-OH is 1. The molecule has 11 heteroatoms. The van der Waals surface area contributed by atoms with E-state index in [2.05, 4.69) is 10.6 Å². The van der Waals surface area contributed by atoms with Gasteiger partial charge in [0.2, 0.25) is 5.91 Å². The van der Waals surface area contributed by atoms with Crippen molar-refractivity contribution in [2.45, 2.75) is 43.2 Å². The van der Waals surface area contributed by atoms with Crippen molar-refractivity contribution in [3.63, 3.8) is 0 Å².